The minimum absolute atomic E-state index is 0.207. The summed E-state index contributed by atoms with van der Waals surface area (Å²) in [4.78, 5) is 13.6. The highest BCUT2D eigenvalue weighted by Gasteiger charge is 2.17. The van der Waals surface area contributed by atoms with Crippen LogP contribution >= 0.6 is 0 Å². The van der Waals surface area contributed by atoms with E-state index in [1.54, 1.807) is 24.0 Å². The molecule has 108 valence electrons. The Morgan fingerprint density at radius 3 is 2.90 bits per heavy atom. The van der Waals surface area contributed by atoms with E-state index in [0.29, 0.717) is 18.1 Å². The zero-order chi connectivity index (χ0) is 14.7. The number of carbonyl (C=O) groups is 1. The third kappa shape index (κ3) is 3.14. The van der Waals surface area contributed by atoms with Crippen molar-refractivity contribution in [3.8, 4) is 0 Å². The van der Waals surface area contributed by atoms with Crippen LogP contribution in [0.3, 0.4) is 0 Å². The van der Waals surface area contributed by atoms with Gasteiger partial charge in [0.05, 0.1) is 12.6 Å². The Morgan fingerprint density at radius 1 is 1.60 bits per heavy atom. The molecule has 0 bridgehead atoms. The lowest BCUT2D eigenvalue weighted by Gasteiger charge is -2.19. The molecule has 1 N–H and O–H groups in total. The van der Waals surface area contributed by atoms with Gasteiger partial charge in [0.1, 0.15) is 17.8 Å². The van der Waals surface area contributed by atoms with Gasteiger partial charge in [0.2, 0.25) is 0 Å². The van der Waals surface area contributed by atoms with Gasteiger partial charge >= 0.3 is 6.03 Å². The number of nitrogens with zero attached hydrogens (tertiary/aromatic N) is 5. The molecule has 0 aromatic carbocycles. The summed E-state index contributed by atoms with van der Waals surface area (Å²) in [7, 11) is 3.53. The molecule has 8 heteroatoms. The van der Waals surface area contributed by atoms with Crippen LogP contribution in [0.15, 0.2) is 16.9 Å². The van der Waals surface area contributed by atoms with Gasteiger partial charge in [-0.25, -0.2) is 4.79 Å². The first-order valence-electron chi connectivity index (χ1n) is 6.25. The van der Waals surface area contributed by atoms with Crippen LogP contribution in [0.4, 0.5) is 4.79 Å². The topological polar surface area (TPSA) is 89.1 Å². The van der Waals surface area contributed by atoms with E-state index in [-0.39, 0.29) is 12.1 Å². The van der Waals surface area contributed by atoms with Crippen LogP contribution in [0, 0.1) is 6.92 Å². The number of nitrogens with one attached hydrogen (secondary N) is 1. The van der Waals surface area contributed by atoms with Gasteiger partial charge in [-0.15, -0.1) is 10.2 Å². The standard InChI is InChI=1S/C12H18N6O2/c1-8-5-10(16-20-8)6-17(3)12(19)14-9(2)11-15-13-7-18(11)4/h5,7,9H,6H2,1-4H3,(H,14,19). The number of carbonyl (C=O) groups excluding carboxylic acids is 1. The van der Waals surface area contributed by atoms with Crippen LogP contribution in [-0.4, -0.2) is 37.9 Å². The van der Waals surface area contributed by atoms with Crippen LogP contribution in [0.2, 0.25) is 0 Å². The Balaban J connectivity index is 1.92. The van der Waals surface area contributed by atoms with Gasteiger partial charge in [-0.2, -0.15) is 0 Å². The SMILES string of the molecule is Cc1cc(CN(C)C(=O)NC(C)c2nncn2C)no1. The number of hydrogen-bond donors (Lipinski definition) is 1. The van der Waals surface area contributed by atoms with Crippen LogP contribution in [0.1, 0.15) is 30.2 Å². The molecule has 20 heavy (non-hydrogen) atoms. The summed E-state index contributed by atoms with van der Waals surface area (Å²) in [5.74, 6) is 1.42. The summed E-state index contributed by atoms with van der Waals surface area (Å²) in [5, 5.41) is 14.5. The van der Waals surface area contributed by atoms with Crippen molar-refractivity contribution in [1.82, 2.24) is 30.1 Å². The van der Waals surface area contributed by atoms with E-state index < -0.39 is 0 Å². The third-order valence-corrected chi connectivity index (χ3v) is 2.90. The molecule has 2 aromatic heterocycles. The van der Waals surface area contributed by atoms with E-state index in [2.05, 4.69) is 20.7 Å². The van der Waals surface area contributed by atoms with Crippen molar-refractivity contribution in [2.45, 2.75) is 26.4 Å². The molecule has 0 radical (unpaired) electrons. The van der Waals surface area contributed by atoms with Crippen LogP contribution < -0.4 is 5.32 Å². The van der Waals surface area contributed by atoms with E-state index in [1.807, 2.05) is 20.9 Å². The molecule has 0 aliphatic carbocycles. The first-order chi connectivity index (χ1) is 9.47. The van der Waals surface area contributed by atoms with Gasteiger partial charge in [0.15, 0.2) is 5.82 Å². The van der Waals surface area contributed by atoms with Crippen molar-refractivity contribution >= 4 is 6.03 Å². The zero-order valence-corrected chi connectivity index (χ0v) is 12.0. The van der Waals surface area contributed by atoms with Gasteiger partial charge < -0.3 is 19.3 Å². The molecule has 2 rings (SSSR count). The van der Waals surface area contributed by atoms with Gasteiger partial charge in [-0.3, -0.25) is 0 Å². The lowest BCUT2D eigenvalue weighted by molar-refractivity contribution is 0.201. The monoisotopic (exact) mass is 278 g/mol. The summed E-state index contributed by atoms with van der Waals surface area (Å²) >= 11 is 0. The molecule has 1 atom stereocenters. The predicted molar refractivity (Wildman–Crippen MR) is 70.7 cm³/mol. The first kappa shape index (κ1) is 14.0. The van der Waals surface area contributed by atoms with Crippen molar-refractivity contribution in [3.05, 3.63) is 29.7 Å². The van der Waals surface area contributed by atoms with E-state index in [9.17, 15) is 4.79 Å². The second-order valence-corrected chi connectivity index (χ2v) is 4.76. The fourth-order valence-electron chi connectivity index (χ4n) is 1.85. The fourth-order valence-corrected chi connectivity index (χ4v) is 1.85. The van der Waals surface area contributed by atoms with Crippen LogP contribution in [0.5, 0.6) is 0 Å². The second-order valence-electron chi connectivity index (χ2n) is 4.76. The number of hydrogen-bond acceptors (Lipinski definition) is 5. The molecular formula is C12H18N6O2. The summed E-state index contributed by atoms with van der Waals surface area (Å²) in [6, 6.07) is 1.37. The average Bonchev–Trinajstić information content (AvgIpc) is 2.98. The van der Waals surface area contributed by atoms with Crippen molar-refractivity contribution in [2.75, 3.05) is 7.05 Å². The summed E-state index contributed by atoms with van der Waals surface area (Å²) < 4.78 is 6.74. The maximum absolute atomic E-state index is 12.1. The molecule has 2 amide bonds. The number of aromatic nitrogens is 4. The molecule has 8 nitrogen and oxygen atoms in total. The summed E-state index contributed by atoms with van der Waals surface area (Å²) in [5.41, 5.74) is 0.714. The molecule has 0 saturated heterocycles. The third-order valence-electron chi connectivity index (χ3n) is 2.90. The van der Waals surface area contributed by atoms with Crippen molar-refractivity contribution in [3.63, 3.8) is 0 Å². The van der Waals surface area contributed by atoms with Crippen molar-refractivity contribution in [2.24, 2.45) is 7.05 Å². The largest absolute Gasteiger partial charge is 0.361 e. The molecule has 0 aliphatic heterocycles. The first-order valence-corrected chi connectivity index (χ1v) is 6.25. The Morgan fingerprint density at radius 2 is 2.35 bits per heavy atom. The molecule has 0 spiro atoms. The molecule has 0 aliphatic rings. The summed E-state index contributed by atoms with van der Waals surface area (Å²) in [6.07, 6.45) is 1.60. The highest BCUT2D eigenvalue weighted by Crippen LogP contribution is 2.09. The van der Waals surface area contributed by atoms with Crippen molar-refractivity contribution in [1.29, 1.82) is 0 Å². The maximum atomic E-state index is 12.1. The Hall–Kier alpha value is -2.38. The molecule has 2 heterocycles. The van der Waals surface area contributed by atoms with Gasteiger partial charge in [-0.1, -0.05) is 5.16 Å². The lowest BCUT2D eigenvalue weighted by Crippen LogP contribution is -2.38. The fraction of sp³-hybridized carbons (Fsp3) is 0.500. The molecule has 0 fully saturated rings. The highest BCUT2D eigenvalue weighted by molar-refractivity contribution is 5.74. The van der Waals surface area contributed by atoms with Gasteiger partial charge in [0.25, 0.3) is 0 Å². The molecular weight excluding hydrogens is 260 g/mol. The quantitative estimate of drug-likeness (QED) is 0.901. The zero-order valence-electron chi connectivity index (χ0n) is 12.0. The smallest absolute Gasteiger partial charge is 0.318 e. The van der Waals surface area contributed by atoms with Gasteiger partial charge in [0, 0.05) is 20.2 Å². The van der Waals surface area contributed by atoms with E-state index in [1.165, 1.54) is 4.90 Å². The van der Waals surface area contributed by atoms with E-state index in [0.717, 1.165) is 5.76 Å². The van der Waals surface area contributed by atoms with Crippen LogP contribution in [0.25, 0.3) is 0 Å². The Labute approximate surface area is 116 Å². The number of rotatable bonds is 4. The normalized spacial score (nSPS) is 12.2. The minimum atomic E-state index is -0.225. The maximum Gasteiger partial charge on any atom is 0.318 e. The molecule has 1 unspecified atom stereocenters. The average molecular weight is 278 g/mol. The number of aryl methyl sites for hydroxylation is 2. The summed E-state index contributed by atoms with van der Waals surface area (Å²) in [6.45, 7) is 4.05. The van der Waals surface area contributed by atoms with Gasteiger partial charge in [-0.05, 0) is 13.8 Å². The highest BCUT2D eigenvalue weighted by atomic mass is 16.5. The minimum Gasteiger partial charge on any atom is -0.361 e. The molecule has 0 saturated carbocycles. The van der Waals surface area contributed by atoms with E-state index >= 15 is 0 Å². The van der Waals surface area contributed by atoms with E-state index in [4.69, 9.17) is 4.52 Å². The predicted octanol–water partition coefficient (Wildman–Crippen LogP) is 1.01. The molecule has 2 aromatic rings. The second kappa shape index (κ2) is 5.72. The number of urea groups is 1. The van der Waals surface area contributed by atoms with Crippen molar-refractivity contribution < 1.29 is 9.32 Å². The van der Waals surface area contributed by atoms with Crippen LogP contribution in [-0.2, 0) is 13.6 Å². The lowest BCUT2D eigenvalue weighted by atomic mass is 10.3. The Bertz CT molecular complexity index is 590. The number of amides is 2. The Kier molecular flexibility index (Phi) is 4.02.